The van der Waals surface area contributed by atoms with Crippen LogP contribution in [0.15, 0.2) is 36.4 Å². The Morgan fingerprint density at radius 2 is 2.00 bits per heavy atom. The molecule has 0 saturated heterocycles. The summed E-state index contributed by atoms with van der Waals surface area (Å²) in [6.45, 7) is 0.107. The summed E-state index contributed by atoms with van der Waals surface area (Å²) >= 11 is 5.99. The Morgan fingerprint density at radius 1 is 1.32 bits per heavy atom. The van der Waals surface area contributed by atoms with Gasteiger partial charge in [0.25, 0.3) is 5.91 Å². The van der Waals surface area contributed by atoms with Gasteiger partial charge in [0.1, 0.15) is 0 Å². The highest BCUT2D eigenvalue weighted by Crippen LogP contribution is 2.30. The molecule has 2 rings (SSSR count). The quantitative estimate of drug-likeness (QED) is 0.591. The first-order valence-electron chi connectivity index (χ1n) is 6.21. The van der Waals surface area contributed by atoms with E-state index in [4.69, 9.17) is 17.3 Å². The van der Waals surface area contributed by atoms with Crippen molar-refractivity contribution in [3.8, 4) is 5.75 Å². The lowest BCUT2D eigenvalue weighted by Crippen LogP contribution is -2.15. The van der Waals surface area contributed by atoms with Crippen molar-refractivity contribution in [3.05, 3.63) is 62.7 Å². The molecule has 114 valence electrons. The molecule has 0 fully saturated rings. The van der Waals surface area contributed by atoms with Gasteiger partial charge in [-0.2, -0.15) is 0 Å². The van der Waals surface area contributed by atoms with Crippen LogP contribution in [0.1, 0.15) is 15.9 Å². The summed E-state index contributed by atoms with van der Waals surface area (Å²) in [5.41, 5.74) is 5.74. The second-order valence-electron chi connectivity index (χ2n) is 4.35. The molecule has 0 aliphatic carbocycles. The number of rotatable bonds is 4. The molecule has 2 aromatic rings. The highest BCUT2D eigenvalue weighted by Gasteiger charge is 2.21. The number of carbonyl (C=O) groups excluding carboxylic acids is 1. The van der Waals surface area contributed by atoms with Gasteiger partial charge >= 0.3 is 5.69 Å². The molecule has 0 unspecified atom stereocenters. The van der Waals surface area contributed by atoms with Gasteiger partial charge in [0.2, 0.25) is 5.75 Å². The van der Waals surface area contributed by atoms with Crippen molar-refractivity contribution in [2.45, 2.75) is 6.54 Å². The van der Waals surface area contributed by atoms with Crippen molar-refractivity contribution < 1.29 is 14.8 Å². The molecule has 4 N–H and O–H groups in total. The predicted molar refractivity (Wildman–Crippen MR) is 82.1 cm³/mol. The van der Waals surface area contributed by atoms with Crippen LogP contribution in [0.25, 0.3) is 0 Å². The fraction of sp³-hybridized carbons (Fsp3) is 0.0714. The number of phenolic OH excluding ortho intramolecular Hbond substituents is 1. The molecule has 0 spiro atoms. The minimum atomic E-state index is -0.767. The van der Waals surface area contributed by atoms with Gasteiger partial charge in [0, 0.05) is 28.9 Å². The molecule has 22 heavy (non-hydrogen) atoms. The van der Waals surface area contributed by atoms with Crippen LogP contribution in [0.2, 0.25) is 5.02 Å². The number of hydrogen-bond donors (Lipinski definition) is 3. The standard InChI is InChI=1S/C14H12ClN3O4/c15-10-4-2-5-11(9(10)7-16)17-14(20)8-3-1-6-12(13(8)19)18(21)22/h1-6,19H,7,16H2,(H,17,20). The third kappa shape index (κ3) is 3.00. The molecular formula is C14H12ClN3O4. The monoisotopic (exact) mass is 321 g/mol. The summed E-state index contributed by atoms with van der Waals surface area (Å²) in [6, 6.07) is 8.56. The smallest absolute Gasteiger partial charge is 0.311 e. The highest BCUT2D eigenvalue weighted by molar-refractivity contribution is 6.31. The third-order valence-electron chi connectivity index (χ3n) is 3.03. The number of anilines is 1. The maximum atomic E-state index is 12.2. The first kappa shape index (κ1) is 15.7. The van der Waals surface area contributed by atoms with Crippen LogP contribution < -0.4 is 11.1 Å². The maximum Gasteiger partial charge on any atom is 0.311 e. The van der Waals surface area contributed by atoms with Crippen LogP contribution in [-0.2, 0) is 6.54 Å². The van der Waals surface area contributed by atoms with E-state index in [0.717, 1.165) is 6.07 Å². The van der Waals surface area contributed by atoms with Gasteiger partial charge in [-0.25, -0.2) is 0 Å². The first-order chi connectivity index (χ1) is 10.5. The van der Waals surface area contributed by atoms with Gasteiger partial charge in [-0.15, -0.1) is 0 Å². The first-order valence-corrected chi connectivity index (χ1v) is 6.58. The number of carbonyl (C=O) groups is 1. The van der Waals surface area contributed by atoms with Crippen LogP contribution in [-0.4, -0.2) is 15.9 Å². The zero-order valence-corrected chi connectivity index (χ0v) is 12.0. The molecule has 0 saturated carbocycles. The Bertz CT molecular complexity index is 749. The average Bonchev–Trinajstić information content (AvgIpc) is 2.47. The minimum Gasteiger partial charge on any atom is -0.502 e. The lowest BCUT2D eigenvalue weighted by molar-refractivity contribution is -0.385. The molecule has 0 aliphatic rings. The van der Waals surface area contributed by atoms with E-state index in [1.807, 2.05) is 0 Å². The molecule has 0 atom stereocenters. The Morgan fingerprint density at radius 3 is 2.64 bits per heavy atom. The number of phenols is 1. The van der Waals surface area contributed by atoms with E-state index in [1.54, 1.807) is 18.2 Å². The molecule has 1 amide bonds. The second-order valence-corrected chi connectivity index (χ2v) is 4.76. The summed E-state index contributed by atoms with van der Waals surface area (Å²) in [7, 11) is 0. The summed E-state index contributed by atoms with van der Waals surface area (Å²) in [5, 5.41) is 23.5. The Hall–Kier alpha value is -2.64. The summed E-state index contributed by atoms with van der Waals surface area (Å²) in [6.07, 6.45) is 0. The normalized spacial score (nSPS) is 10.3. The van der Waals surface area contributed by atoms with Crippen molar-refractivity contribution in [2.75, 3.05) is 5.32 Å². The largest absolute Gasteiger partial charge is 0.502 e. The van der Waals surface area contributed by atoms with Crippen LogP contribution in [0.5, 0.6) is 5.75 Å². The van der Waals surface area contributed by atoms with Crippen molar-refractivity contribution in [2.24, 2.45) is 5.73 Å². The Kier molecular flexibility index (Phi) is 4.59. The SMILES string of the molecule is NCc1c(Cl)cccc1NC(=O)c1cccc([N+](=O)[O-])c1O. The molecule has 0 aromatic heterocycles. The van der Waals surface area contributed by atoms with E-state index < -0.39 is 22.3 Å². The van der Waals surface area contributed by atoms with Gasteiger partial charge in [-0.1, -0.05) is 23.7 Å². The number of hydrogen-bond acceptors (Lipinski definition) is 5. The Labute approximate surface area is 130 Å². The second kappa shape index (κ2) is 6.42. The van der Waals surface area contributed by atoms with E-state index >= 15 is 0 Å². The highest BCUT2D eigenvalue weighted by atomic mass is 35.5. The van der Waals surface area contributed by atoms with E-state index in [-0.39, 0.29) is 12.1 Å². The van der Waals surface area contributed by atoms with Gasteiger partial charge in [-0.05, 0) is 18.2 Å². The molecule has 0 radical (unpaired) electrons. The fourth-order valence-electron chi connectivity index (χ4n) is 1.93. The number of amides is 1. The van der Waals surface area contributed by atoms with Crippen molar-refractivity contribution in [3.63, 3.8) is 0 Å². The van der Waals surface area contributed by atoms with Crippen LogP contribution in [0, 0.1) is 10.1 Å². The zero-order valence-electron chi connectivity index (χ0n) is 11.2. The molecule has 7 nitrogen and oxygen atoms in total. The van der Waals surface area contributed by atoms with Gasteiger partial charge < -0.3 is 16.2 Å². The van der Waals surface area contributed by atoms with E-state index in [1.165, 1.54) is 12.1 Å². The zero-order chi connectivity index (χ0) is 16.3. The molecule has 0 heterocycles. The van der Waals surface area contributed by atoms with Crippen LogP contribution in [0.4, 0.5) is 11.4 Å². The van der Waals surface area contributed by atoms with Gasteiger partial charge in [0.15, 0.2) is 0 Å². The average molecular weight is 322 g/mol. The van der Waals surface area contributed by atoms with Crippen molar-refractivity contribution in [1.82, 2.24) is 0 Å². The topological polar surface area (TPSA) is 118 Å². The number of nitrogens with zero attached hydrogens (tertiary/aromatic N) is 1. The maximum absolute atomic E-state index is 12.2. The molecule has 0 aliphatic heterocycles. The number of nitrogens with two attached hydrogens (primary N) is 1. The summed E-state index contributed by atoms with van der Waals surface area (Å²) in [5.74, 6) is -1.39. The third-order valence-corrected chi connectivity index (χ3v) is 3.38. The lowest BCUT2D eigenvalue weighted by atomic mass is 10.1. The predicted octanol–water partition coefficient (Wildman–Crippen LogP) is 2.66. The number of nitro benzene ring substituents is 1. The molecule has 0 bridgehead atoms. The fourth-order valence-corrected chi connectivity index (χ4v) is 2.19. The van der Waals surface area contributed by atoms with Crippen LogP contribution >= 0.6 is 11.6 Å². The van der Waals surface area contributed by atoms with E-state index in [2.05, 4.69) is 5.32 Å². The van der Waals surface area contributed by atoms with Crippen molar-refractivity contribution in [1.29, 1.82) is 0 Å². The Balaban J connectivity index is 2.37. The van der Waals surface area contributed by atoms with Gasteiger partial charge in [-0.3, -0.25) is 14.9 Å². The van der Waals surface area contributed by atoms with Crippen molar-refractivity contribution >= 4 is 28.9 Å². The molecular weight excluding hydrogens is 310 g/mol. The minimum absolute atomic E-state index is 0.107. The summed E-state index contributed by atoms with van der Waals surface area (Å²) in [4.78, 5) is 22.2. The number of halogens is 1. The van der Waals surface area contributed by atoms with E-state index in [0.29, 0.717) is 16.3 Å². The molecule has 2 aromatic carbocycles. The lowest BCUT2D eigenvalue weighted by Gasteiger charge is -2.11. The van der Waals surface area contributed by atoms with Gasteiger partial charge in [0.05, 0.1) is 10.5 Å². The number of aromatic hydroxyl groups is 1. The van der Waals surface area contributed by atoms with E-state index in [9.17, 15) is 20.0 Å². The number of nitro groups is 1. The number of benzene rings is 2. The number of para-hydroxylation sites is 1. The van der Waals surface area contributed by atoms with Crippen LogP contribution in [0.3, 0.4) is 0 Å². The summed E-state index contributed by atoms with van der Waals surface area (Å²) < 4.78 is 0. The molecule has 8 heteroatoms. The number of nitrogens with one attached hydrogen (secondary N) is 1.